The highest BCUT2D eigenvalue weighted by Crippen LogP contribution is 2.38. The van der Waals surface area contributed by atoms with Crippen molar-refractivity contribution in [3.05, 3.63) is 17.5 Å². The van der Waals surface area contributed by atoms with Gasteiger partial charge in [0, 0.05) is 20.2 Å². The Balaban J connectivity index is 2.06. The largest absolute Gasteiger partial charge is 0.357 e. The molecule has 2 aromatic rings. The van der Waals surface area contributed by atoms with E-state index in [9.17, 15) is 4.79 Å². The van der Waals surface area contributed by atoms with Gasteiger partial charge < -0.3 is 10.6 Å². The summed E-state index contributed by atoms with van der Waals surface area (Å²) in [5.74, 6) is 0.492. The van der Waals surface area contributed by atoms with Crippen LogP contribution in [0.3, 0.4) is 0 Å². The Hall–Kier alpha value is -2.02. The summed E-state index contributed by atoms with van der Waals surface area (Å²) < 4.78 is 0. The number of aryl methyl sites for hydroxylation is 2. The first-order valence-electron chi connectivity index (χ1n) is 5.98. The van der Waals surface area contributed by atoms with Crippen molar-refractivity contribution in [1.29, 1.82) is 0 Å². The highest BCUT2D eigenvalue weighted by molar-refractivity contribution is 7.19. The number of carbonyl (C=O) groups is 1. The molecule has 2 N–H and O–H groups in total. The monoisotopic (exact) mass is 275 g/mol. The van der Waals surface area contributed by atoms with E-state index in [2.05, 4.69) is 25.6 Å². The first-order valence-corrected chi connectivity index (χ1v) is 6.80. The van der Waals surface area contributed by atoms with Gasteiger partial charge in [0.2, 0.25) is 11.9 Å². The number of carbonyl (C=O) groups excluding carboxylic acids is 1. The first-order chi connectivity index (χ1) is 9.17. The molecule has 2 aromatic heterocycles. The van der Waals surface area contributed by atoms with Gasteiger partial charge in [0.1, 0.15) is 0 Å². The summed E-state index contributed by atoms with van der Waals surface area (Å²) in [5.41, 5.74) is 3.06. The first kappa shape index (κ1) is 12.0. The minimum Gasteiger partial charge on any atom is -0.357 e. The second-order valence-electron chi connectivity index (χ2n) is 4.29. The number of aromatic nitrogens is 3. The van der Waals surface area contributed by atoms with Crippen LogP contribution in [0.15, 0.2) is 6.20 Å². The highest BCUT2D eigenvalue weighted by Gasteiger charge is 2.23. The van der Waals surface area contributed by atoms with Crippen LogP contribution < -0.4 is 10.6 Å². The average Bonchev–Trinajstić information content (AvgIpc) is 2.80. The molecule has 0 atom stereocenters. The van der Waals surface area contributed by atoms with Gasteiger partial charge in [0.25, 0.3) is 0 Å². The van der Waals surface area contributed by atoms with Crippen LogP contribution in [0.2, 0.25) is 0 Å². The van der Waals surface area contributed by atoms with Crippen molar-refractivity contribution in [2.24, 2.45) is 0 Å². The molecule has 98 valence electrons. The number of hydrogen-bond donors (Lipinski definition) is 2. The third-order valence-corrected chi connectivity index (χ3v) is 3.93. The molecule has 1 aliphatic carbocycles. The highest BCUT2D eigenvalue weighted by atomic mass is 32.1. The van der Waals surface area contributed by atoms with E-state index in [1.807, 2.05) is 6.20 Å². The maximum Gasteiger partial charge on any atom is 0.223 e. The summed E-state index contributed by atoms with van der Waals surface area (Å²) in [6.07, 6.45) is 3.60. The van der Waals surface area contributed by atoms with Crippen molar-refractivity contribution in [1.82, 2.24) is 15.0 Å². The number of nitrogens with one attached hydrogen (secondary N) is 2. The zero-order chi connectivity index (χ0) is 13.4. The molecular formula is C12H13N5OS. The molecule has 6 nitrogen and oxygen atoms in total. The van der Waals surface area contributed by atoms with Gasteiger partial charge in [-0.3, -0.25) is 4.79 Å². The van der Waals surface area contributed by atoms with Crippen molar-refractivity contribution in [2.75, 3.05) is 17.7 Å². The van der Waals surface area contributed by atoms with Crippen molar-refractivity contribution in [3.63, 3.8) is 0 Å². The van der Waals surface area contributed by atoms with Gasteiger partial charge in [-0.05, 0) is 18.4 Å². The molecule has 1 amide bonds. The number of amides is 1. The van der Waals surface area contributed by atoms with E-state index in [4.69, 9.17) is 0 Å². The fraction of sp³-hybridized carbons (Fsp3) is 0.333. The van der Waals surface area contributed by atoms with Gasteiger partial charge in [0.05, 0.1) is 16.3 Å². The maximum absolute atomic E-state index is 11.1. The third-order valence-electron chi connectivity index (χ3n) is 2.91. The Bertz CT molecular complexity index is 652. The van der Waals surface area contributed by atoms with E-state index in [1.54, 1.807) is 7.05 Å². The molecule has 0 saturated carbocycles. The van der Waals surface area contributed by atoms with E-state index < -0.39 is 0 Å². The normalized spacial score (nSPS) is 12.5. The Kier molecular flexibility index (Phi) is 2.90. The standard InChI is InChI=1S/C12H13N5OS/c1-6(18)15-12-16-8-4-3-7-5-14-11(13-2)17-9(7)10(8)19-12/h5H,3-4H2,1-2H3,(H,13,14,17)(H,15,16,18). The predicted molar refractivity (Wildman–Crippen MR) is 74.4 cm³/mol. The average molecular weight is 275 g/mol. The summed E-state index contributed by atoms with van der Waals surface area (Å²) in [6.45, 7) is 1.48. The number of hydrogen-bond acceptors (Lipinski definition) is 6. The molecule has 0 bridgehead atoms. The van der Waals surface area contributed by atoms with Crippen LogP contribution in [0.4, 0.5) is 11.1 Å². The van der Waals surface area contributed by atoms with Crippen LogP contribution in [0.5, 0.6) is 0 Å². The summed E-state index contributed by atoms with van der Waals surface area (Å²) >= 11 is 1.46. The fourth-order valence-corrected chi connectivity index (χ4v) is 3.15. The molecule has 0 unspecified atom stereocenters. The van der Waals surface area contributed by atoms with Gasteiger partial charge in [-0.1, -0.05) is 11.3 Å². The SMILES string of the molecule is CNc1ncc2c(n1)-c1sc(NC(C)=O)nc1CC2. The van der Waals surface area contributed by atoms with Crippen molar-refractivity contribution in [3.8, 4) is 10.6 Å². The third kappa shape index (κ3) is 2.17. The lowest BCUT2D eigenvalue weighted by Crippen LogP contribution is -2.08. The molecule has 0 radical (unpaired) electrons. The zero-order valence-corrected chi connectivity index (χ0v) is 11.5. The number of anilines is 2. The number of rotatable bonds is 2. The molecule has 2 heterocycles. The second-order valence-corrected chi connectivity index (χ2v) is 5.29. The minimum absolute atomic E-state index is 0.107. The van der Waals surface area contributed by atoms with Gasteiger partial charge in [0.15, 0.2) is 5.13 Å². The lowest BCUT2D eigenvalue weighted by Gasteiger charge is -2.13. The van der Waals surface area contributed by atoms with Crippen LogP contribution in [-0.2, 0) is 17.6 Å². The number of thiazole rings is 1. The maximum atomic E-state index is 11.1. The van der Waals surface area contributed by atoms with Crippen LogP contribution in [-0.4, -0.2) is 27.9 Å². The Morgan fingerprint density at radius 1 is 1.37 bits per heavy atom. The van der Waals surface area contributed by atoms with E-state index in [-0.39, 0.29) is 5.91 Å². The molecule has 0 saturated heterocycles. The second kappa shape index (κ2) is 4.58. The molecule has 0 aromatic carbocycles. The Labute approximate surface area is 114 Å². The lowest BCUT2D eigenvalue weighted by molar-refractivity contribution is -0.114. The van der Waals surface area contributed by atoms with E-state index >= 15 is 0 Å². The van der Waals surface area contributed by atoms with E-state index in [0.29, 0.717) is 11.1 Å². The van der Waals surface area contributed by atoms with Gasteiger partial charge >= 0.3 is 0 Å². The predicted octanol–water partition coefficient (Wildman–Crippen LogP) is 1.70. The smallest absolute Gasteiger partial charge is 0.223 e. The quantitative estimate of drug-likeness (QED) is 0.872. The molecule has 7 heteroatoms. The van der Waals surface area contributed by atoms with E-state index in [1.165, 1.54) is 18.3 Å². The molecule has 0 spiro atoms. The van der Waals surface area contributed by atoms with Crippen molar-refractivity contribution < 1.29 is 4.79 Å². The molecule has 0 aliphatic heterocycles. The summed E-state index contributed by atoms with van der Waals surface area (Å²) in [6, 6.07) is 0. The Morgan fingerprint density at radius 3 is 2.95 bits per heavy atom. The van der Waals surface area contributed by atoms with Gasteiger partial charge in [-0.15, -0.1) is 0 Å². The zero-order valence-electron chi connectivity index (χ0n) is 10.6. The molecular weight excluding hydrogens is 262 g/mol. The molecule has 0 fully saturated rings. The lowest BCUT2D eigenvalue weighted by atomic mass is 10.00. The van der Waals surface area contributed by atoms with Crippen LogP contribution in [0.1, 0.15) is 18.2 Å². The molecule has 19 heavy (non-hydrogen) atoms. The summed E-state index contributed by atoms with van der Waals surface area (Å²) in [7, 11) is 1.79. The van der Waals surface area contributed by atoms with Crippen LogP contribution in [0, 0.1) is 0 Å². The molecule has 1 aliphatic rings. The van der Waals surface area contributed by atoms with Crippen molar-refractivity contribution in [2.45, 2.75) is 19.8 Å². The van der Waals surface area contributed by atoms with E-state index in [0.717, 1.165) is 34.7 Å². The number of nitrogens with zero attached hydrogens (tertiary/aromatic N) is 3. The fourth-order valence-electron chi connectivity index (χ4n) is 2.07. The molecule has 3 rings (SSSR count). The summed E-state index contributed by atoms with van der Waals surface area (Å²) in [5, 5.41) is 6.30. The van der Waals surface area contributed by atoms with Crippen LogP contribution >= 0.6 is 11.3 Å². The summed E-state index contributed by atoms with van der Waals surface area (Å²) in [4.78, 5) is 25.3. The minimum atomic E-state index is -0.107. The van der Waals surface area contributed by atoms with Gasteiger partial charge in [-0.25, -0.2) is 15.0 Å². The van der Waals surface area contributed by atoms with Crippen LogP contribution in [0.25, 0.3) is 10.6 Å². The van der Waals surface area contributed by atoms with Crippen molar-refractivity contribution >= 4 is 28.3 Å². The topological polar surface area (TPSA) is 79.8 Å². The number of fused-ring (bicyclic) bond motifs is 3. The Morgan fingerprint density at radius 2 is 2.21 bits per heavy atom. The van der Waals surface area contributed by atoms with Gasteiger partial charge in [-0.2, -0.15) is 0 Å².